The van der Waals surface area contributed by atoms with Crippen molar-refractivity contribution in [3.63, 3.8) is 0 Å². The lowest BCUT2D eigenvalue weighted by molar-refractivity contribution is -0.136. The van der Waals surface area contributed by atoms with Gasteiger partial charge in [-0.2, -0.15) is 0 Å². The molecule has 0 aromatic heterocycles. The number of fused-ring (bicyclic) bond motifs is 1. The van der Waals surface area contributed by atoms with E-state index in [1.165, 1.54) is 0 Å². The number of carbonyl (C=O) groups excluding carboxylic acids is 1. The molecule has 0 saturated heterocycles. The molecule has 2 aromatic carbocycles. The highest BCUT2D eigenvalue weighted by molar-refractivity contribution is 6.55. The summed E-state index contributed by atoms with van der Waals surface area (Å²) in [5.74, 6) is 0.124. The zero-order valence-electron chi connectivity index (χ0n) is 12.3. The molecule has 0 unspecified atom stereocenters. The zero-order valence-corrected chi connectivity index (χ0v) is 13.9. The average Bonchev–Trinajstić information content (AvgIpc) is 2.99. The van der Waals surface area contributed by atoms with Gasteiger partial charge < -0.3 is 4.74 Å². The van der Waals surface area contributed by atoms with Gasteiger partial charge in [-0.25, -0.2) is 0 Å². The molecule has 0 amide bonds. The molecule has 1 saturated carbocycles. The Morgan fingerprint density at radius 3 is 2.50 bits per heavy atom. The summed E-state index contributed by atoms with van der Waals surface area (Å²) in [5.41, 5.74) is -0.178. The van der Waals surface area contributed by atoms with Crippen molar-refractivity contribution in [3.8, 4) is 5.75 Å². The molecule has 2 aromatic rings. The first-order valence-electron chi connectivity index (χ1n) is 7.13. The maximum absolute atomic E-state index is 12.4. The van der Waals surface area contributed by atoms with Crippen LogP contribution in [0.2, 0.25) is 0 Å². The fourth-order valence-electron chi connectivity index (χ4n) is 2.99. The van der Waals surface area contributed by atoms with Crippen LogP contribution >= 0.6 is 23.2 Å². The van der Waals surface area contributed by atoms with Crippen LogP contribution in [0.3, 0.4) is 0 Å². The summed E-state index contributed by atoms with van der Waals surface area (Å²) in [6, 6.07) is 13.6. The Kier molecular flexibility index (Phi) is 3.92. The van der Waals surface area contributed by atoms with Crippen LogP contribution in [-0.2, 0) is 4.79 Å². The van der Waals surface area contributed by atoms with Gasteiger partial charge in [0, 0.05) is 0 Å². The lowest BCUT2D eigenvalue weighted by Crippen LogP contribution is -2.13. The second-order valence-corrected chi connectivity index (χ2v) is 7.22. The van der Waals surface area contributed by atoms with E-state index in [1.807, 2.05) is 56.3 Å². The first-order valence-corrected chi connectivity index (χ1v) is 7.88. The number of hydrogen-bond acceptors (Lipinski definition) is 2. The fourth-order valence-corrected chi connectivity index (χ4v) is 3.26. The number of rotatable bonds is 3. The minimum atomic E-state index is -0.240. The maximum Gasteiger partial charge on any atom is 0.315 e. The highest BCUT2D eigenvalue weighted by Crippen LogP contribution is 2.60. The van der Waals surface area contributed by atoms with Crippen molar-refractivity contribution in [1.82, 2.24) is 0 Å². The molecule has 1 aliphatic carbocycles. The molecule has 4 heteroatoms. The van der Waals surface area contributed by atoms with Crippen LogP contribution < -0.4 is 4.74 Å². The summed E-state index contributed by atoms with van der Waals surface area (Å²) in [6.07, 6.45) is 1.72. The van der Waals surface area contributed by atoms with Gasteiger partial charge in [-0.1, -0.05) is 67.4 Å². The minimum Gasteiger partial charge on any atom is -0.426 e. The summed E-state index contributed by atoms with van der Waals surface area (Å²) >= 11 is 11.4. The third kappa shape index (κ3) is 2.86. The van der Waals surface area contributed by atoms with Crippen LogP contribution in [0.5, 0.6) is 5.75 Å². The molecule has 1 fully saturated rings. The van der Waals surface area contributed by atoms with Gasteiger partial charge >= 0.3 is 5.97 Å². The van der Waals surface area contributed by atoms with Crippen LogP contribution in [0.1, 0.15) is 13.8 Å². The van der Waals surface area contributed by atoms with E-state index in [1.54, 1.807) is 6.08 Å². The van der Waals surface area contributed by atoms with Crippen LogP contribution in [0, 0.1) is 17.3 Å². The van der Waals surface area contributed by atoms with E-state index in [0.29, 0.717) is 5.75 Å². The number of carbonyl (C=O) groups is 1. The fraction of sp³-hybridized carbons (Fsp3) is 0.278. The third-order valence-electron chi connectivity index (χ3n) is 4.41. The zero-order chi connectivity index (χ0) is 15.9. The van der Waals surface area contributed by atoms with Gasteiger partial charge in [0.1, 0.15) is 10.2 Å². The van der Waals surface area contributed by atoms with Crippen molar-refractivity contribution in [2.75, 3.05) is 0 Å². The predicted molar refractivity (Wildman–Crippen MR) is 90.1 cm³/mol. The number of benzene rings is 2. The van der Waals surface area contributed by atoms with Gasteiger partial charge in [-0.3, -0.25) is 4.79 Å². The van der Waals surface area contributed by atoms with E-state index in [0.717, 1.165) is 10.8 Å². The highest BCUT2D eigenvalue weighted by Gasteiger charge is 2.61. The Hall–Kier alpha value is -1.51. The van der Waals surface area contributed by atoms with Gasteiger partial charge in [-0.15, -0.1) is 0 Å². The molecule has 0 aliphatic heterocycles. The SMILES string of the molecule is CC1(C)[C@H](C(=O)Oc2ccc3ccccc3c2)[C@@H]1C=C(Cl)Cl. The van der Waals surface area contributed by atoms with Gasteiger partial charge in [0.05, 0.1) is 5.92 Å². The van der Waals surface area contributed by atoms with E-state index < -0.39 is 0 Å². The summed E-state index contributed by atoms with van der Waals surface area (Å²) < 4.78 is 5.73. The van der Waals surface area contributed by atoms with Crippen molar-refractivity contribution >= 4 is 39.9 Å². The normalized spacial score (nSPS) is 22.2. The number of esters is 1. The number of allylic oxidation sites excluding steroid dienone is 1. The molecular formula is C18H16Cl2O2. The number of halogens is 2. The molecule has 114 valence electrons. The Morgan fingerprint density at radius 1 is 1.14 bits per heavy atom. The largest absolute Gasteiger partial charge is 0.426 e. The van der Waals surface area contributed by atoms with Gasteiger partial charge in [-0.05, 0) is 40.3 Å². The molecule has 0 N–H and O–H groups in total. The molecule has 2 atom stereocenters. The van der Waals surface area contributed by atoms with Crippen LogP contribution in [-0.4, -0.2) is 5.97 Å². The second-order valence-electron chi connectivity index (χ2n) is 6.21. The smallest absolute Gasteiger partial charge is 0.315 e. The first-order chi connectivity index (χ1) is 10.4. The Bertz CT molecular complexity index is 761. The lowest BCUT2D eigenvalue weighted by Gasteiger charge is -2.06. The Morgan fingerprint density at radius 2 is 1.82 bits per heavy atom. The van der Waals surface area contributed by atoms with E-state index in [-0.39, 0.29) is 27.7 Å². The van der Waals surface area contributed by atoms with Crippen LogP contribution in [0.4, 0.5) is 0 Å². The van der Waals surface area contributed by atoms with Crippen LogP contribution in [0.25, 0.3) is 10.8 Å². The lowest BCUT2D eigenvalue weighted by atomic mass is 10.1. The van der Waals surface area contributed by atoms with Gasteiger partial charge in [0.15, 0.2) is 0 Å². The van der Waals surface area contributed by atoms with Crippen LogP contribution in [0.15, 0.2) is 53.0 Å². The molecule has 1 aliphatic rings. The highest BCUT2D eigenvalue weighted by atomic mass is 35.5. The molecule has 22 heavy (non-hydrogen) atoms. The topological polar surface area (TPSA) is 26.3 Å². The van der Waals surface area contributed by atoms with Crippen molar-refractivity contribution in [3.05, 3.63) is 53.0 Å². The van der Waals surface area contributed by atoms with E-state index in [9.17, 15) is 4.79 Å². The van der Waals surface area contributed by atoms with Crippen molar-refractivity contribution < 1.29 is 9.53 Å². The average molecular weight is 335 g/mol. The summed E-state index contributed by atoms with van der Waals surface area (Å²) in [7, 11) is 0. The van der Waals surface area contributed by atoms with Gasteiger partial charge in [0.25, 0.3) is 0 Å². The van der Waals surface area contributed by atoms with Crippen molar-refractivity contribution in [1.29, 1.82) is 0 Å². The predicted octanol–water partition coefficient (Wildman–Crippen LogP) is 5.34. The van der Waals surface area contributed by atoms with E-state index in [4.69, 9.17) is 27.9 Å². The minimum absolute atomic E-state index is 0.0189. The Balaban J connectivity index is 1.78. The monoisotopic (exact) mass is 334 g/mol. The van der Waals surface area contributed by atoms with Crippen molar-refractivity contribution in [2.24, 2.45) is 17.3 Å². The molecule has 3 rings (SSSR count). The molecule has 0 radical (unpaired) electrons. The number of hydrogen-bond donors (Lipinski definition) is 0. The molecule has 0 heterocycles. The quantitative estimate of drug-likeness (QED) is 0.559. The number of ether oxygens (including phenoxy) is 1. The molecular weight excluding hydrogens is 319 g/mol. The Labute approximate surface area is 139 Å². The van der Waals surface area contributed by atoms with E-state index >= 15 is 0 Å². The van der Waals surface area contributed by atoms with E-state index in [2.05, 4.69) is 0 Å². The standard InChI is InChI=1S/C18H16Cl2O2/c1-18(2)14(10-15(19)20)16(18)17(21)22-13-8-7-11-5-3-4-6-12(11)9-13/h3-10,14,16H,1-2H3/t14-,16-/m0/s1. The summed E-state index contributed by atoms with van der Waals surface area (Å²) in [6.45, 7) is 4.02. The first kappa shape index (κ1) is 15.4. The molecule has 0 spiro atoms. The third-order valence-corrected chi connectivity index (χ3v) is 4.66. The summed E-state index contributed by atoms with van der Waals surface area (Å²) in [5, 5.41) is 2.16. The van der Waals surface area contributed by atoms with Gasteiger partial charge in [0.2, 0.25) is 0 Å². The molecule has 0 bridgehead atoms. The maximum atomic E-state index is 12.4. The molecule has 2 nitrogen and oxygen atoms in total. The van der Waals surface area contributed by atoms with Crippen molar-refractivity contribution in [2.45, 2.75) is 13.8 Å². The summed E-state index contributed by atoms with van der Waals surface area (Å²) in [4.78, 5) is 12.4. The second kappa shape index (κ2) is 5.60.